The van der Waals surface area contributed by atoms with E-state index in [1.54, 1.807) is 35.2 Å². The number of hydrogen-bond acceptors (Lipinski definition) is 5. The lowest BCUT2D eigenvalue weighted by molar-refractivity contribution is -0.139. The molecule has 0 radical (unpaired) electrons. The van der Waals surface area contributed by atoms with Crippen LogP contribution in [0.2, 0.25) is 5.02 Å². The largest absolute Gasteiger partial charge is 0.482 e. The van der Waals surface area contributed by atoms with E-state index in [1.807, 2.05) is 6.92 Å². The molecule has 1 saturated heterocycles. The van der Waals surface area contributed by atoms with Crippen LogP contribution in [-0.4, -0.2) is 59.9 Å². The zero-order valence-electron chi connectivity index (χ0n) is 18.2. The highest BCUT2D eigenvalue weighted by Crippen LogP contribution is 2.28. The van der Waals surface area contributed by atoms with Gasteiger partial charge in [0.1, 0.15) is 11.6 Å². The number of carbonyl (C=O) groups excluding carboxylic acids is 2. The second-order valence-corrected chi connectivity index (χ2v) is 8.42. The van der Waals surface area contributed by atoms with Gasteiger partial charge in [-0.05, 0) is 49.7 Å². The van der Waals surface area contributed by atoms with Crippen molar-refractivity contribution >= 4 is 29.1 Å². The van der Waals surface area contributed by atoms with Gasteiger partial charge in [-0.2, -0.15) is 0 Å². The number of ether oxygens (including phenoxy) is 1. The highest BCUT2D eigenvalue weighted by molar-refractivity contribution is 6.31. The van der Waals surface area contributed by atoms with Crippen LogP contribution < -0.4 is 15.8 Å². The number of piperazine rings is 1. The standard InChI is InChI=1S/C23H28ClFN4O3/c1-15-12-29(16(2)11-28(15)13-17-3-6-19(25)7-4-17)23(31)14-32-21-8-5-18(24)9-20(21)27-22(30)10-26/h3-9,15-16H,10-14,26H2,1-2H3,(H,27,30)/t15-,16+/m1/s1. The molecule has 2 aromatic carbocycles. The van der Waals surface area contributed by atoms with E-state index in [1.165, 1.54) is 12.1 Å². The highest BCUT2D eigenvalue weighted by atomic mass is 35.5. The molecule has 2 amide bonds. The van der Waals surface area contributed by atoms with E-state index < -0.39 is 0 Å². The summed E-state index contributed by atoms with van der Waals surface area (Å²) >= 11 is 6.01. The lowest BCUT2D eigenvalue weighted by atomic mass is 10.1. The van der Waals surface area contributed by atoms with Crippen LogP contribution in [0.25, 0.3) is 0 Å². The topological polar surface area (TPSA) is 87.9 Å². The van der Waals surface area contributed by atoms with E-state index >= 15 is 0 Å². The van der Waals surface area contributed by atoms with Crippen LogP contribution in [0.5, 0.6) is 5.75 Å². The molecule has 2 atom stereocenters. The lowest BCUT2D eigenvalue weighted by Gasteiger charge is -2.44. The van der Waals surface area contributed by atoms with E-state index in [2.05, 4.69) is 17.1 Å². The monoisotopic (exact) mass is 462 g/mol. The third kappa shape index (κ3) is 6.18. The van der Waals surface area contributed by atoms with E-state index in [9.17, 15) is 14.0 Å². The van der Waals surface area contributed by atoms with Gasteiger partial charge in [0.15, 0.2) is 6.61 Å². The van der Waals surface area contributed by atoms with Crippen molar-refractivity contribution in [3.63, 3.8) is 0 Å². The lowest BCUT2D eigenvalue weighted by Crippen LogP contribution is -2.58. The molecule has 3 rings (SSSR count). The molecule has 0 aliphatic carbocycles. The Morgan fingerprint density at radius 3 is 2.56 bits per heavy atom. The number of amides is 2. The van der Waals surface area contributed by atoms with Crippen molar-refractivity contribution in [1.82, 2.24) is 9.80 Å². The normalized spacial score (nSPS) is 19.0. The van der Waals surface area contributed by atoms with Gasteiger partial charge < -0.3 is 20.7 Å². The Labute approximate surface area is 192 Å². The molecule has 0 saturated carbocycles. The number of benzene rings is 2. The SMILES string of the molecule is C[C@@H]1CN(C(=O)COc2ccc(Cl)cc2NC(=O)CN)[C@@H](C)CN1Cc1ccc(F)cc1. The molecule has 0 spiro atoms. The van der Waals surface area contributed by atoms with Gasteiger partial charge in [0.05, 0.1) is 12.2 Å². The van der Waals surface area contributed by atoms with E-state index in [4.69, 9.17) is 22.1 Å². The zero-order chi connectivity index (χ0) is 23.3. The van der Waals surface area contributed by atoms with Crippen molar-refractivity contribution in [3.8, 4) is 5.75 Å². The quantitative estimate of drug-likeness (QED) is 0.660. The molecule has 0 aromatic heterocycles. The van der Waals surface area contributed by atoms with Gasteiger partial charge in [-0.15, -0.1) is 0 Å². The number of halogens is 2. The molecule has 0 bridgehead atoms. The fourth-order valence-electron chi connectivity index (χ4n) is 3.74. The molecule has 3 N–H and O–H groups in total. The molecule has 2 aromatic rings. The van der Waals surface area contributed by atoms with Crippen molar-refractivity contribution in [2.24, 2.45) is 5.73 Å². The van der Waals surface area contributed by atoms with Gasteiger partial charge in [0.25, 0.3) is 5.91 Å². The molecule has 1 fully saturated rings. The van der Waals surface area contributed by atoms with Crippen LogP contribution in [-0.2, 0) is 16.1 Å². The van der Waals surface area contributed by atoms with Crippen LogP contribution >= 0.6 is 11.6 Å². The summed E-state index contributed by atoms with van der Waals surface area (Å²) in [5.74, 6) is -0.433. The van der Waals surface area contributed by atoms with Crippen LogP contribution in [0.3, 0.4) is 0 Å². The predicted molar refractivity (Wildman–Crippen MR) is 122 cm³/mol. The number of rotatable bonds is 7. The Bertz CT molecular complexity index is 957. The first kappa shape index (κ1) is 24.0. The minimum Gasteiger partial charge on any atom is -0.482 e. The summed E-state index contributed by atoms with van der Waals surface area (Å²) < 4.78 is 18.9. The predicted octanol–water partition coefficient (Wildman–Crippen LogP) is 2.88. The van der Waals surface area contributed by atoms with Crippen molar-refractivity contribution in [1.29, 1.82) is 0 Å². The van der Waals surface area contributed by atoms with E-state index in [0.29, 0.717) is 36.1 Å². The Balaban J connectivity index is 1.59. The first-order chi connectivity index (χ1) is 15.3. The summed E-state index contributed by atoms with van der Waals surface area (Å²) in [6, 6.07) is 11.4. The Morgan fingerprint density at radius 2 is 1.88 bits per heavy atom. The van der Waals surface area contributed by atoms with Crippen molar-refractivity contribution < 1.29 is 18.7 Å². The minimum atomic E-state index is -0.386. The maximum atomic E-state index is 13.2. The Hall–Kier alpha value is -2.68. The van der Waals surface area contributed by atoms with Gasteiger partial charge >= 0.3 is 0 Å². The molecular weight excluding hydrogens is 435 g/mol. The molecule has 1 aliphatic heterocycles. The van der Waals surface area contributed by atoms with E-state index in [0.717, 1.165) is 5.56 Å². The van der Waals surface area contributed by atoms with Crippen molar-refractivity contribution in [2.75, 3.05) is 31.6 Å². The maximum absolute atomic E-state index is 13.2. The van der Waals surface area contributed by atoms with Gasteiger partial charge in [0, 0.05) is 36.7 Å². The number of nitrogens with one attached hydrogen (secondary N) is 1. The van der Waals surface area contributed by atoms with E-state index in [-0.39, 0.29) is 42.9 Å². The summed E-state index contributed by atoms with van der Waals surface area (Å²) in [5, 5.41) is 3.05. The van der Waals surface area contributed by atoms with Crippen molar-refractivity contribution in [3.05, 3.63) is 58.9 Å². The molecule has 7 nitrogen and oxygen atoms in total. The molecule has 1 heterocycles. The summed E-state index contributed by atoms with van der Waals surface area (Å²) in [7, 11) is 0. The third-order valence-corrected chi connectivity index (χ3v) is 5.72. The molecule has 1 aliphatic rings. The van der Waals surface area contributed by atoms with Gasteiger partial charge in [0.2, 0.25) is 5.91 Å². The average Bonchev–Trinajstić information content (AvgIpc) is 2.76. The van der Waals surface area contributed by atoms with Gasteiger partial charge in [-0.25, -0.2) is 4.39 Å². The second-order valence-electron chi connectivity index (χ2n) is 7.98. The second kappa shape index (κ2) is 10.8. The third-order valence-electron chi connectivity index (χ3n) is 5.49. The number of hydrogen-bond donors (Lipinski definition) is 2. The highest BCUT2D eigenvalue weighted by Gasteiger charge is 2.32. The summed E-state index contributed by atoms with van der Waals surface area (Å²) in [4.78, 5) is 28.6. The van der Waals surface area contributed by atoms with Crippen LogP contribution in [0.15, 0.2) is 42.5 Å². The fraction of sp³-hybridized carbons (Fsp3) is 0.391. The minimum absolute atomic E-state index is 0.00983. The maximum Gasteiger partial charge on any atom is 0.260 e. The zero-order valence-corrected chi connectivity index (χ0v) is 18.9. The van der Waals surface area contributed by atoms with Crippen LogP contribution in [0.1, 0.15) is 19.4 Å². The molecular formula is C23H28ClFN4O3. The van der Waals surface area contributed by atoms with Gasteiger partial charge in [-0.3, -0.25) is 14.5 Å². The van der Waals surface area contributed by atoms with Gasteiger partial charge in [-0.1, -0.05) is 23.7 Å². The Kier molecular flexibility index (Phi) is 8.06. The molecule has 172 valence electrons. The summed E-state index contributed by atoms with van der Waals surface area (Å²) in [6.07, 6.45) is 0. The first-order valence-corrected chi connectivity index (χ1v) is 10.8. The smallest absolute Gasteiger partial charge is 0.260 e. The van der Waals surface area contributed by atoms with Crippen molar-refractivity contribution in [2.45, 2.75) is 32.5 Å². The molecule has 32 heavy (non-hydrogen) atoms. The van der Waals surface area contributed by atoms with Crippen LogP contribution in [0.4, 0.5) is 10.1 Å². The number of nitrogens with zero attached hydrogens (tertiary/aromatic N) is 2. The number of nitrogens with two attached hydrogens (primary N) is 1. The average molecular weight is 463 g/mol. The Morgan fingerprint density at radius 1 is 1.16 bits per heavy atom. The summed E-state index contributed by atoms with van der Waals surface area (Å²) in [6.45, 7) is 5.67. The number of carbonyl (C=O) groups is 2. The number of anilines is 1. The summed E-state index contributed by atoms with van der Waals surface area (Å²) in [5.41, 5.74) is 6.75. The molecule has 0 unspecified atom stereocenters. The first-order valence-electron chi connectivity index (χ1n) is 10.5. The van der Waals surface area contributed by atoms with Crippen LogP contribution in [0, 0.1) is 5.82 Å². The molecule has 9 heteroatoms. The fourth-order valence-corrected chi connectivity index (χ4v) is 3.91.